The highest BCUT2D eigenvalue weighted by atomic mass is 16.5. The van der Waals surface area contributed by atoms with Crippen LogP contribution in [0.25, 0.3) is 0 Å². The molecule has 4 aliphatic carbocycles. The maximum Gasteiger partial charge on any atom is 0.0301 e. The lowest BCUT2D eigenvalue weighted by atomic mass is 9.45. The Bertz CT molecular complexity index is 244. The monoisotopic (exact) mass is 165 g/mol. The summed E-state index contributed by atoms with van der Waals surface area (Å²) in [5, 5.41) is 8.76. The van der Waals surface area contributed by atoms with Gasteiger partial charge in [0, 0.05) is 12.0 Å². The Hall–Kier alpha value is -0.340. The number of nitrogens with one attached hydrogen (secondary N) is 1. The SMILES string of the molecule is ONCC12CC3CC=C1C(C3)C2. The Labute approximate surface area is 72.6 Å². The molecule has 0 aromatic heterocycles. The lowest BCUT2D eigenvalue weighted by molar-refractivity contribution is -0.00214. The second-order valence-electron chi connectivity index (χ2n) is 4.72. The van der Waals surface area contributed by atoms with Crippen molar-refractivity contribution in [1.29, 1.82) is 0 Å². The summed E-state index contributed by atoms with van der Waals surface area (Å²) in [4.78, 5) is 0. The van der Waals surface area contributed by atoms with E-state index in [1.807, 2.05) is 0 Å². The maximum absolute atomic E-state index is 8.76. The van der Waals surface area contributed by atoms with Crippen LogP contribution in [0.3, 0.4) is 0 Å². The van der Waals surface area contributed by atoms with E-state index in [0.717, 1.165) is 18.4 Å². The zero-order chi connectivity index (χ0) is 8.18. The van der Waals surface area contributed by atoms with E-state index >= 15 is 0 Å². The largest absolute Gasteiger partial charge is 0.317 e. The second-order valence-corrected chi connectivity index (χ2v) is 4.72. The Kier molecular flexibility index (Phi) is 1.25. The first kappa shape index (κ1) is 7.10. The van der Waals surface area contributed by atoms with Crippen LogP contribution in [0, 0.1) is 17.3 Å². The van der Waals surface area contributed by atoms with Crippen LogP contribution in [-0.4, -0.2) is 11.8 Å². The third-order valence-electron chi connectivity index (χ3n) is 4.08. The highest BCUT2D eigenvalue weighted by molar-refractivity contribution is 5.34. The van der Waals surface area contributed by atoms with Crippen molar-refractivity contribution < 1.29 is 5.21 Å². The Morgan fingerprint density at radius 2 is 2.50 bits per heavy atom. The van der Waals surface area contributed by atoms with Gasteiger partial charge in [-0.3, -0.25) is 0 Å². The van der Waals surface area contributed by atoms with Gasteiger partial charge >= 0.3 is 0 Å². The summed E-state index contributed by atoms with van der Waals surface area (Å²) in [5.74, 6) is 1.82. The quantitative estimate of drug-likeness (QED) is 0.482. The van der Waals surface area contributed by atoms with E-state index in [9.17, 15) is 0 Å². The van der Waals surface area contributed by atoms with Gasteiger partial charge in [-0.15, -0.1) is 0 Å². The smallest absolute Gasteiger partial charge is 0.0301 e. The molecule has 0 heterocycles. The number of allylic oxidation sites excluding steroid dienone is 1. The van der Waals surface area contributed by atoms with E-state index < -0.39 is 0 Å². The predicted molar refractivity (Wildman–Crippen MR) is 45.8 cm³/mol. The van der Waals surface area contributed by atoms with Crippen molar-refractivity contribution in [3.63, 3.8) is 0 Å². The molecule has 66 valence electrons. The lowest BCUT2D eigenvalue weighted by Gasteiger charge is -2.60. The molecule has 0 amide bonds. The normalized spacial score (nSPS) is 48.6. The molecule has 2 N–H and O–H groups in total. The van der Waals surface area contributed by atoms with E-state index in [1.165, 1.54) is 25.7 Å². The van der Waals surface area contributed by atoms with Gasteiger partial charge in [0.05, 0.1) is 0 Å². The molecule has 0 saturated heterocycles. The number of hydrogen-bond donors (Lipinski definition) is 2. The van der Waals surface area contributed by atoms with Gasteiger partial charge in [0.2, 0.25) is 0 Å². The molecule has 2 heteroatoms. The first-order valence-electron chi connectivity index (χ1n) is 4.91. The Morgan fingerprint density at radius 1 is 1.58 bits per heavy atom. The fourth-order valence-corrected chi connectivity index (χ4v) is 3.71. The van der Waals surface area contributed by atoms with Crippen molar-refractivity contribution in [1.82, 2.24) is 5.48 Å². The molecule has 2 fully saturated rings. The fraction of sp³-hybridized carbons (Fsp3) is 0.800. The van der Waals surface area contributed by atoms with E-state index in [-0.39, 0.29) is 0 Å². The van der Waals surface area contributed by atoms with Crippen LogP contribution < -0.4 is 5.48 Å². The van der Waals surface area contributed by atoms with Crippen molar-refractivity contribution in [3.8, 4) is 0 Å². The minimum absolute atomic E-state index is 0.389. The van der Waals surface area contributed by atoms with Gasteiger partial charge in [-0.05, 0) is 37.5 Å². The van der Waals surface area contributed by atoms with E-state index in [4.69, 9.17) is 5.21 Å². The van der Waals surface area contributed by atoms with Crippen LogP contribution in [0.4, 0.5) is 0 Å². The highest BCUT2D eigenvalue weighted by Crippen LogP contribution is 2.64. The summed E-state index contributed by atoms with van der Waals surface area (Å²) in [5.41, 5.74) is 4.41. The topological polar surface area (TPSA) is 32.3 Å². The van der Waals surface area contributed by atoms with E-state index in [0.29, 0.717) is 5.41 Å². The van der Waals surface area contributed by atoms with Crippen molar-refractivity contribution in [2.45, 2.75) is 25.7 Å². The summed E-state index contributed by atoms with van der Waals surface area (Å²) < 4.78 is 0. The molecule has 3 atom stereocenters. The molecular weight excluding hydrogens is 150 g/mol. The van der Waals surface area contributed by atoms with Gasteiger partial charge in [0.1, 0.15) is 0 Å². The fourth-order valence-electron chi connectivity index (χ4n) is 3.71. The van der Waals surface area contributed by atoms with Gasteiger partial charge in [-0.2, -0.15) is 0 Å². The molecule has 0 radical (unpaired) electrons. The molecule has 2 nitrogen and oxygen atoms in total. The number of hydrogen-bond acceptors (Lipinski definition) is 2. The Balaban J connectivity index is 1.92. The molecule has 0 aromatic carbocycles. The number of rotatable bonds is 2. The predicted octanol–water partition coefficient (Wildman–Crippen LogP) is 1.71. The molecule has 4 bridgehead atoms. The molecule has 4 rings (SSSR count). The average Bonchev–Trinajstić information content (AvgIpc) is 2.04. The lowest BCUT2D eigenvalue weighted by Crippen LogP contribution is -2.54. The molecule has 3 unspecified atom stereocenters. The summed E-state index contributed by atoms with van der Waals surface area (Å²) in [7, 11) is 0. The van der Waals surface area contributed by atoms with Crippen LogP contribution in [0.5, 0.6) is 0 Å². The van der Waals surface area contributed by atoms with Crippen molar-refractivity contribution in [3.05, 3.63) is 11.6 Å². The van der Waals surface area contributed by atoms with Crippen LogP contribution in [0.15, 0.2) is 11.6 Å². The molecule has 0 spiro atoms. The zero-order valence-corrected chi connectivity index (χ0v) is 7.21. The van der Waals surface area contributed by atoms with E-state index in [1.54, 1.807) is 5.57 Å². The van der Waals surface area contributed by atoms with Crippen molar-refractivity contribution in [2.75, 3.05) is 6.54 Å². The third kappa shape index (κ3) is 0.679. The standard InChI is InChI=1S/C10H15NO/c12-11-6-10-4-7-1-2-9(10)8(3-7)5-10/h2,7-8,11-12H,1,3-6H2. The van der Waals surface area contributed by atoms with Gasteiger partial charge in [-0.1, -0.05) is 11.6 Å². The summed E-state index contributed by atoms with van der Waals surface area (Å²) in [6, 6.07) is 0. The first-order chi connectivity index (χ1) is 5.84. The van der Waals surface area contributed by atoms with E-state index in [2.05, 4.69) is 11.6 Å². The second kappa shape index (κ2) is 2.12. The maximum atomic E-state index is 8.76. The molecule has 4 aliphatic rings. The third-order valence-corrected chi connectivity index (χ3v) is 4.08. The van der Waals surface area contributed by atoms with Crippen molar-refractivity contribution in [2.24, 2.45) is 17.3 Å². The molecular formula is C10H15NO. The molecule has 12 heavy (non-hydrogen) atoms. The minimum atomic E-state index is 0.389. The highest BCUT2D eigenvalue weighted by Gasteiger charge is 2.55. The first-order valence-corrected chi connectivity index (χ1v) is 4.91. The van der Waals surface area contributed by atoms with Gasteiger partial charge in [0.25, 0.3) is 0 Å². The molecule has 0 aliphatic heterocycles. The number of fused-ring (bicyclic) bond motifs is 1. The number of hydroxylamine groups is 1. The molecule has 2 saturated carbocycles. The van der Waals surface area contributed by atoms with Crippen LogP contribution in [-0.2, 0) is 0 Å². The van der Waals surface area contributed by atoms with Crippen LogP contribution in [0.1, 0.15) is 25.7 Å². The summed E-state index contributed by atoms with van der Waals surface area (Å²) in [6.07, 6.45) is 7.81. The zero-order valence-electron chi connectivity index (χ0n) is 7.21. The van der Waals surface area contributed by atoms with Gasteiger partial charge in [-0.25, -0.2) is 5.48 Å². The van der Waals surface area contributed by atoms with Crippen LogP contribution in [0.2, 0.25) is 0 Å². The Morgan fingerprint density at radius 3 is 3.08 bits per heavy atom. The summed E-state index contributed by atoms with van der Waals surface area (Å²) >= 11 is 0. The average molecular weight is 165 g/mol. The van der Waals surface area contributed by atoms with Crippen LogP contribution >= 0.6 is 0 Å². The minimum Gasteiger partial charge on any atom is -0.317 e. The van der Waals surface area contributed by atoms with Gasteiger partial charge in [0.15, 0.2) is 0 Å². The molecule has 0 aromatic rings. The van der Waals surface area contributed by atoms with Crippen molar-refractivity contribution >= 4 is 0 Å². The van der Waals surface area contributed by atoms with Gasteiger partial charge < -0.3 is 5.21 Å². The summed E-state index contributed by atoms with van der Waals surface area (Å²) in [6.45, 7) is 0.784.